The van der Waals surface area contributed by atoms with Crippen molar-refractivity contribution in [3.63, 3.8) is 0 Å². The molecular weight excluding hydrogens is 276 g/mol. The maximum Gasteiger partial charge on any atom is 0.242 e. The molecule has 0 saturated heterocycles. The van der Waals surface area contributed by atoms with Crippen LogP contribution >= 0.6 is 0 Å². The van der Waals surface area contributed by atoms with Gasteiger partial charge in [0.05, 0.1) is 5.69 Å². The molecule has 2 N–H and O–H groups in total. The van der Waals surface area contributed by atoms with Crippen LogP contribution in [0.4, 0.5) is 5.69 Å². The molecule has 0 bridgehead atoms. The summed E-state index contributed by atoms with van der Waals surface area (Å²) < 4.78 is 32.1. The number of anilines is 1. The molecule has 1 aromatic carbocycles. The lowest BCUT2D eigenvalue weighted by Crippen LogP contribution is -2.26. The number of nitrogens with one attached hydrogen (secondary N) is 2. The van der Waals surface area contributed by atoms with Gasteiger partial charge >= 0.3 is 0 Å². The van der Waals surface area contributed by atoms with E-state index >= 15 is 0 Å². The Bertz CT molecular complexity index is 489. The van der Waals surface area contributed by atoms with E-state index in [1.54, 1.807) is 25.3 Å². The van der Waals surface area contributed by atoms with Crippen molar-refractivity contribution in [3.8, 4) is 0 Å². The van der Waals surface area contributed by atoms with Gasteiger partial charge in [-0.15, -0.1) is 0 Å². The first-order valence-corrected chi connectivity index (χ1v) is 8.41. The number of unbranched alkanes of at least 4 members (excludes halogenated alkanes) is 1. The molecular formula is C14H24N2O3S. The highest BCUT2D eigenvalue weighted by Crippen LogP contribution is 2.20. The number of methoxy groups -OCH3 is 1. The Morgan fingerprint density at radius 1 is 1.15 bits per heavy atom. The topological polar surface area (TPSA) is 67.4 Å². The van der Waals surface area contributed by atoms with Crippen molar-refractivity contribution in [1.29, 1.82) is 0 Å². The van der Waals surface area contributed by atoms with Crippen LogP contribution in [0.15, 0.2) is 29.2 Å². The third-order valence-electron chi connectivity index (χ3n) is 2.81. The largest absolute Gasteiger partial charge is 0.385 e. The Kier molecular flexibility index (Phi) is 7.58. The summed E-state index contributed by atoms with van der Waals surface area (Å²) in [7, 11) is -1.82. The fourth-order valence-electron chi connectivity index (χ4n) is 1.76. The molecule has 0 aliphatic carbocycles. The van der Waals surface area contributed by atoms with Gasteiger partial charge in [-0.05, 0) is 31.4 Å². The van der Waals surface area contributed by atoms with E-state index < -0.39 is 10.0 Å². The number of rotatable bonds is 10. The summed E-state index contributed by atoms with van der Waals surface area (Å²) in [6.45, 7) is 3.86. The molecule has 1 rings (SSSR count). The Labute approximate surface area is 121 Å². The van der Waals surface area contributed by atoms with Gasteiger partial charge < -0.3 is 10.1 Å². The highest BCUT2D eigenvalue weighted by Gasteiger charge is 2.17. The second kappa shape index (κ2) is 8.94. The van der Waals surface area contributed by atoms with Gasteiger partial charge in [0.2, 0.25) is 10.0 Å². The minimum Gasteiger partial charge on any atom is -0.385 e. The number of hydrogen-bond acceptors (Lipinski definition) is 4. The average Bonchev–Trinajstić information content (AvgIpc) is 2.45. The van der Waals surface area contributed by atoms with E-state index in [1.807, 2.05) is 13.0 Å². The summed E-state index contributed by atoms with van der Waals surface area (Å²) in [4.78, 5) is 0.306. The summed E-state index contributed by atoms with van der Waals surface area (Å²) in [6.07, 6.45) is 2.55. The van der Waals surface area contributed by atoms with Crippen LogP contribution in [0.5, 0.6) is 0 Å². The van der Waals surface area contributed by atoms with Gasteiger partial charge in [0, 0.05) is 26.8 Å². The van der Waals surface area contributed by atoms with Gasteiger partial charge in [0.25, 0.3) is 0 Å². The van der Waals surface area contributed by atoms with Crippen LogP contribution in [-0.4, -0.2) is 35.2 Å². The zero-order chi connectivity index (χ0) is 14.8. The van der Waals surface area contributed by atoms with Crippen molar-refractivity contribution < 1.29 is 13.2 Å². The highest BCUT2D eigenvalue weighted by molar-refractivity contribution is 7.89. The van der Waals surface area contributed by atoms with E-state index in [0.717, 1.165) is 25.8 Å². The van der Waals surface area contributed by atoms with Gasteiger partial charge in [-0.1, -0.05) is 19.1 Å². The summed E-state index contributed by atoms with van der Waals surface area (Å²) in [5.41, 5.74) is 0.652. The summed E-state index contributed by atoms with van der Waals surface area (Å²) >= 11 is 0. The zero-order valence-corrected chi connectivity index (χ0v) is 13.0. The molecule has 0 aromatic heterocycles. The highest BCUT2D eigenvalue weighted by atomic mass is 32.2. The van der Waals surface area contributed by atoms with E-state index in [0.29, 0.717) is 23.7 Å². The van der Waals surface area contributed by atoms with E-state index in [1.165, 1.54) is 0 Å². The fourth-order valence-corrected chi connectivity index (χ4v) is 3.02. The summed E-state index contributed by atoms with van der Waals surface area (Å²) in [5.74, 6) is 0. The van der Waals surface area contributed by atoms with E-state index in [9.17, 15) is 8.42 Å². The Morgan fingerprint density at radius 2 is 1.90 bits per heavy atom. The molecule has 0 fully saturated rings. The Hall–Kier alpha value is -1.11. The van der Waals surface area contributed by atoms with E-state index in [4.69, 9.17) is 4.74 Å². The molecule has 0 radical (unpaired) electrons. The Balaban J connectivity index is 2.66. The van der Waals surface area contributed by atoms with Gasteiger partial charge in [-0.2, -0.15) is 0 Å². The maximum atomic E-state index is 12.3. The van der Waals surface area contributed by atoms with E-state index in [-0.39, 0.29) is 0 Å². The molecule has 0 aliphatic rings. The minimum atomic E-state index is -3.46. The molecule has 0 amide bonds. The van der Waals surface area contributed by atoms with Crippen LogP contribution in [0.2, 0.25) is 0 Å². The molecule has 0 atom stereocenters. The third kappa shape index (κ3) is 5.48. The van der Waals surface area contributed by atoms with Crippen molar-refractivity contribution in [2.75, 3.05) is 32.1 Å². The summed E-state index contributed by atoms with van der Waals surface area (Å²) in [5, 5.41) is 3.14. The van der Waals surface area contributed by atoms with Crippen LogP contribution in [0.3, 0.4) is 0 Å². The molecule has 114 valence electrons. The van der Waals surface area contributed by atoms with Crippen molar-refractivity contribution in [3.05, 3.63) is 24.3 Å². The first-order valence-electron chi connectivity index (χ1n) is 6.93. The zero-order valence-electron chi connectivity index (χ0n) is 12.2. The molecule has 20 heavy (non-hydrogen) atoms. The molecule has 6 heteroatoms. The van der Waals surface area contributed by atoms with E-state index in [2.05, 4.69) is 10.0 Å². The van der Waals surface area contributed by atoms with Crippen molar-refractivity contribution in [2.24, 2.45) is 0 Å². The van der Waals surface area contributed by atoms with Crippen molar-refractivity contribution >= 4 is 15.7 Å². The van der Waals surface area contributed by atoms with Crippen LogP contribution < -0.4 is 10.0 Å². The maximum absolute atomic E-state index is 12.3. The lowest BCUT2D eigenvalue weighted by Gasteiger charge is -2.12. The molecule has 0 saturated carbocycles. The van der Waals surface area contributed by atoms with Crippen LogP contribution in [0, 0.1) is 0 Å². The number of hydrogen-bond donors (Lipinski definition) is 2. The molecule has 0 spiro atoms. The first kappa shape index (κ1) is 16.9. The minimum absolute atomic E-state index is 0.306. The lowest BCUT2D eigenvalue weighted by molar-refractivity contribution is 0.193. The second-order valence-electron chi connectivity index (χ2n) is 4.52. The predicted molar refractivity (Wildman–Crippen MR) is 81.5 cm³/mol. The SMILES string of the molecule is CCCNc1ccccc1S(=O)(=O)NCCCCOC. The molecule has 0 heterocycles. The molecule has 0 aliphatic heterocycles. The molecule has 1 aromatic rings. The monoisotopic (exact) mass is 300 g/mol. The normalized spacial score (nSPS) is 11.5. The number of sulfonamides is 1. The standard InChI is InChI=1S/C14H24N2O3S/c1-3-10-15-13-8-4-5-9-14(13)20(17,18)16-11-6-7-12-19-2/h4-5,8-9,15-16H,3,6-7,10-12H2,1-2H3. The Morgan fingerprint density at radius 3 is 2.60 bits per heavy atom. The smallest absolute Gasteiger partial charge is 0.242 e. The number of ether oxygens (including phenoxy) is 1. The number of benzene rings is 1. The molecule has 5 nitrogen and oxygen atoms in total. The van der Waals surface area contributed by atoms with Gasteiger partial charge in [-0.3, -0.25) is 0 Å². The van der Waals surface area contributed by atoms with Crippen LogP contribution in [0.1, 0.15) is 26.2 Å². The van der Waals surface area contributed by atoms with Crippen LogP contribution in [-0.2, 0) is 14.8 Å². The second-order valence-corrected chi connectivity index (χ2v) is 6.26. The van der Waals surface area contributed by atoms with Crippen LogP contribution in [0.25, 0.3) is 0 Å². The first-order chi connectivity index (χ1) is 9.61. The lowest BCUT2D eigenvalue weighted by atomic mass is 10.3. The van der Waals surface area contributed by atoms with Crippen molar-refractivity contribution in [2.45, 2.75) is 31.1 Å². The summed E-state index contributed by atoms with van der Waals surface area (Å²) in [6, 6.07) is 6.97. The van der Waals surface area contributed by atoms with Gasteiger partial charge in [0.15, 0.2) is 0 Å². The predicted octanol–water partition coefficient (Wildman–Crippen LogP) is 2.21. The third-order valence-corrected chi connectivity index (χ3v) is 4.33. The average molecular weight is 300 g/mol. The number of para-hydroxylation sites is 1. The van der Waals surface area contributed by atoms with Gasteiger partial charge in [-0.25, -0.2) is 13.1 Å². The quantitative estimate of drug-likeness (QED) is 0.650. The molecule has 0 unspecified atom stereocenters. The van der Waals surface area contributed by atoms with Crippen molar-refractivity contribution in [1.82, 2.24) is 4.72 Å². The fraction of sp³-hybridized carbons (Fsp3) is 0.571. The van der Waals surface area contributed by atoms with Gasteiger partial charge in [0.1, 0.15) is 4.90 Å².